The van der Waals surface area contributed by atoms with Gasteiger partial charge in [-0.2, -0.15) is 0 Å². The zero-order chi connectivity index (χ0) is 14.5. The Balaban J connectivity index is 2.11. The predicted octanol–water partition coefficient (Wildman–Crippen LogP) is 2.77. The van der Waals surface area contributed by atoms with Crippen LogP contribution in [0.3, 0.4) is 0 Å². The highest BCUT2D eigenvalue weighted by molar-refractivity contribution is 5.77. The smallest absolute Gasteiger partial charge is 0.339 e. The largest absolute Gasteiger partial charge is 0.493 e. The summed E-state index contributed by atoms with van der Waals surface area (Å²) in [5.41, 5.74) is 1.46. The van der Waals surface area contributed by atoms with E-state index in [4.69, 9.17) is 9.47 Å². The predicted molar refractivity (Wildman–Crippen MR) is 75.6 cm³/mol. The van der Waals surface area contributed by atoms with Gasteiger partial charge in [0.1, 0.15) is 5.75 Å². The van der Waals surface area contributed by atoms with Crippen LogP contribution in [0.5, 0.6) is 5.75 Å². The fourth-order valence-corrected chi connectivity index (χ4v) is 2.23. The summed E-state index contributed by atoms with van der Waals surface area (Å²) in [6.45, 7) is 4.53. The third-order valence-electron chi connectivity index (χ3n) is 3.67. The molecule has 0 amide bonds. The second kappa shape index (κ2) is 6.75. The molecule has 4 heteroatoms. The first-order valence-electron chi connectivity index (χ1n) is 7.20. The summed E-state index contributed by atoms with van der Waals surface area (Å²) in [5, 5.41) is 10.1. The van der Waals surface area contributed by atoms with E-state index in [1.165, 1.54) is 19.3 Å². The maximum absolute atomic E-state index is 11.7. The molecule has 0 heterocycles. The van der Waals surface area contributed by atoms with E-state index >= 15 is 0 Å². The molecule has 1 fully saturated rings. The molecular weight excluding hydrogens is 256 g/mol. The molecule has 1 saturated carbocycles. The van der Waals surface area contributed by atoms with Crippen LogP contribution < -0.4 is 4.74 Å². The van der Waals surface area contributed by atoms with Crippen molar-refractivity contribution in [2.75, 3.05) is 13.2 Å². The number of ether oxygens (including phenoxy) is 2. The lowest BCUT2D eigenvalue weighted by Gasteiger charge is -2.26. The highest BCUT2D eigenvalue weighted by Crippen LogP contribution is 2.31. The van der Waals surface area contributed by atoms with Gasteiger partial charge in [0.25, 0.3) is 0 Å². The fourth-order valence-electron chi connectivity index (χ4n) is 2.23. The molecule has 0 saturated heterocycles. The lowest BCUT2D eigenvalue weighted by Crippen LogP contribution is -2.21. The van der Waals surface area contributed by atoms with Gasteiger partial charge in [-0.3, -0.25) is 0 Å². The van der Waals surface area contributed by atoms with Crippen LogP contribution >= 0.6 is 0 Å². The average Bonchev–Trinajstić information content (AvgIpc) is 2.38. The van der Waals surface area contributed by atoms with E-state index in [-0.39, 0.29) is 6.61 Å². The van der Waals surface area contributed by atoms with Gasteiger partial charge in [-0.25, -0.2) is 4.79 Å². The number of carbonyl (C=O) groups is 1. The molecule has 0 spiro atoms. The van der Waals surface area contributed by atoms with Gasteiger partial charge in [0.15, 0.2) is 6.10 Å². The lowest BCUT2D eigenvalue weighted by molar-refractivity contribution is -0.153. The van der Waals surface area contributed by atoms with Gasteiger partial charge < -0.3 is 14.6 Å². The first-order chi connectivity index (χ1) is 9.61. The molecule has 4 nitrogen and oxygen atoms in total. The molecule has 1 atom stereocenters. The molecule has 1 aromatic rings. The van der Waals surface area contributed by atoms with Crippen molar-refractivity contribution in [3.63, 3.8) is 0 Å². The number of hydrogen-bond acceptors (Lipinski definition) is 4. The van der Waals surface area contributed by atoms with Crippen LogP contribution in [0.15, 0.2) is 18.2 Å². The number of rotatable bonds is 6. The van der Waals surface area contributed by atoms with Crippen molar-refractivity contribution in [1.29, 1.82) is 0 Å². The van der Waals surface area contributed by atoms with E-state index in [9.17, 15) is 9.90 Å². The van der Waals surface area contributed by atoms with E-state index in [1.807, 2.05) is 19.1 Å². The van der Waals surface area contributed by atoms with Gasteiger partial charge in [-0.1, -0.05) is 18.1 Å². The zero-order valence-electron chi connectivity index (χ0n) is 12.1. The van der Waals surface area contributed by atoms with Crippen molar-refractivity contribution < 1.29 is 19.4 Å². The molecule has 1 aliphatic rings. The quantitative estimate of drug-likeness (QED) is 0.813. The van der Waals surface area contributed by atoms with Gasteiger partial charge in [0.05, 0.1) is 13.2 Å². The summed E-state index contributed by atoms with van der Waals surface area (Å²) in [4.78, 5) is 11.7. The van der Waals surface area contributed by atoms with Crippen LogP contribution in [-0.2, 0) is 9.53 Å². The van der Waals surface area contributed by atoms with Crippen LogP contribution in [0.4, 0.5) is 0 Å². The summed E-state index contributed by atoms with van der Waals surface area (Å²) in [6.07, 6.45) is 2.37. The topological polar surface area (TPSA) is 55.8 Å². The fraction of sp³-hybridized carbons (Fsp3) is 0.562. The number of carbonyl (C=O) groups excluding carboxylic acids is 1. The van der Waals surface area contributed by atoms with E-state index in [0.717, 1.165) is 5.56 Å². The van der Waals surface area contributed by atoms with Gasteiger partial charge in [0, 0.05) is 5.56 Å². The third-order valence-corrected chi connectivity index (χ3v) is 3.67. The second-order valence-corrected chi connectivity index (χ2v) is 5.30. The number of hydrogen-bond donors (Lipinski definition) is 1. The monoisotopic (exact) mass is 278 g/mol. The Kier molecular flexibility index (Phi) is 5.01. The lowest BCUT2D eigenvalue weighted by atomic mass is 9.86. The highest BCUT2D eigenvalue weighted by Gasteiger charge is 2.24. The molecular formula is C16H22O4. The molecule has 1 N–H and O–H groups in total. The number of aliphatic hydroxyl groups is 1. The maximum atomic E-state index is 11.7. The molecule has 20 heavy (non-hydrogen) atoms. The number of benzene rings is 1. The van der Waals surface area contributed by atoms with Gasteiger partial charge in [-0.15, -0.1) is 0 Å². The second-order valence-electron chi connectivity index (χ2n) is 5.30. The van der Waals surface area contributed by atoms with Crippen LogP contribution in [-0.4, -0.2) is 24.3 Å². The van der Waals surface area contributed by atoms with Crippen LogP contribution in [0, 0.1) is 12.8 Å². The summed E-state index contributed by atoms with van der Waals surface area (Å²) in [6, 6.07) is 5.50. The van der Waals surface area contributed by atoms with Crippen LogP contribution in [0.1, 0.15) is 43.4 Å². The standard InChI is InChI=1S/C16H22O4/c1-3-19-16(18)15(17)13-9-11(2)7-8-14(13)20-10-12-5-4-6-12/h7-9,12,15,17H,3-6,10H2,1-2H3. The number of esters is 1. The van der Waals surface area contributed by atoms with Crippen molar-refractivity contribution >= 4 is 5.97 Å². The summed E-state index contributed by atoms with van der Waals surface area (Å²) < 4.78 is 10.6. The minimum absolute atomic E-state index is 0.250. The maximum Gasteiger partial charge on any atom is 0.339 e. The van der Waals surface area contributed by atoms with Crippen molar-refractivity contribution in [1.82, 2.24) is 0 Å². The van der Waals surface area contributed by atoms with Gasteiger partial charge in [0.2, 0.25) is 0 Å². The molecule has 2 rings (SSSR count). The first-order valence-corrected chi connectivity index (χ1v) is 7.20. The molecule has 1 aliphatic carbocycles. The minimum Gasteiger partial charge on any atom is -0.493 e. The van der Waals surface area contributed by atoms with E-state index < -0.39 is 12.1 Å². The Hall–Kier alpha value is -1.55. The van der Waals surface area contributed by atoms with Crippen molar-refractivity contribution in [2.45, 2.75) is 39.2 Å². The first kappa shape index (κ1) is 14.9. The van der Waals surface area contributed by atoms with Crippen LogP contribution in [0.2, 0.25) is 0 Å². The van der Waals surface area contributed by atoms with Gasteiger partial charge in [-0.05, 0) is 44.7 Å². The van der Waals surface area contributed by atoms with Gasteiger partial charge >= 0.3 is 5.97 Å². The number of aryl methyl sites for hydroxylation is 1. The Morgan fingerprint density at radius 1 is 1.45 bits per heavy atom. The summed E-state index contributed by atoms with van der Waals surface area (Å²) in [7, 11) is 0. The minimum atomic E-state index is -1.29. The normalized spacial score (nSPS) is 16.4. The Morgan fingerprint density at radius 2 is 2.20 bits per heavy atom. The van der Waals surface area contributed by atoms with Crippen molar-refractivity contribution in [3.8, 4) is 5.75 Å². The third kappa shape index (κ3) is 3.51. The Labute approximate surface area is 119 Å². The molecule has 1 unspecified atom stereocenters. The van der Waals surface area contributed by atoms with E-state index in [2.05, 4.69) is 0 Å². The summed E-state index contributed by atoms with van der Waals surface area (Å²) in [5.74, 6) is 0.540. The van der Waals surface area contributed by atoms with E-state index in [1.54, 1.807) is 13.0 Å². The molecule has 110 valence electrons. The highest BCUT2D eigenvalue weighted by atomic mass is 16.5. The number of aliphatic hydroxyl groups excluding tert-OH is 1. The molecule has 0 aliphatic heterocycles. The summed E-state index contributed by atoms with van der Waals surface area (Å²) >= 11 is 0. The Bertz CT molecular complexity index is 466. The Morgan fingerprint density at radius 3 is 2.80 bits per heavy atom. The average molecular weight is 278 g/mol. The molecule has 0 aromatic heterocycles. The van der Waals surface area contributed by atoms with E-state index in [0.29, 0.717) is 23.8 Å². The molecule has 0 radical (unpaired) electrons. The molecule has 1 aromatic carbocycles. The SMILES string of the molecule is CCOC(=O)C(O)c1cc(C)ccc1OCC1CCC1. The zero-order valence-corrected chi connectivity index (χ0v) is 12.1. The van der Waals surface area contributed by atoms with Crippen molar-refractivity contribution in [3.05, 3.63) is 29.3 Å². The van der Waals surface area contributed by atoms with Crippen LogP contribution in [0.25, 0.3) is 0 Å². The van der Waals surface area contributed by atoms with Crippen molar-refractivity contribution in [2.24, 2.45) is 5.92 Å². The molecule has 0 bridgehead atoms.